The van der Waals surface area contributed by atoms with Gasteiger partial charge < -0.3 is 21.0 Å². The lowest BCUT2D eigenvalue weighted by Crippen LogP contribution is -2.57. The van der Waals surface area contributed by atoms with Crippen LogP contribution in [-0.4, -0.2) is 39.4 Å². The molecule has 4 aliphatic carbocycles. The van der Waals surface area contributed by atoms with E-state index < -0.39 is 6.10 Å². The van der Waals surface area contributed by atoms with Crippen molar-refractivity contribution in [2.45, 2.75) is 58.5 Å². The summed E-state index contributed by atoms with van der Waals surface area (Å²) >= 11 is 0. The number of aliphatic hydroxyl groups excluding tert-OH is 1. The van der Waals surface area contributed by atoms with Gasteiger partial charge in [0.25, 0.3) is 6.01 Å². The fourth-order valence-electron chi connectivity index (χ4n) is 8.87. The molecule has 2 aromatic rings. The molecule has 196 valence electrons. The minimum atomic E-state index is -0.486. The molecule has 0 spiro atoms. The summed E-state index contributed by atoms with van der Waals surface area (Å²) in [4.78, 5) is 18.1. The summed E-state index contributed by atoms with van der Waals surface area (Å²) in [5, 5.41) is 19.5. The lowest BCUT2D eigenvalue weighted by Gasteiger charge is -2.59. The van der Waals surface area contributed by atoms with Crippen LogP contribution in [0.5, 0.6) is 6.01 Å². The van der Waals surface area contributed by atoms with E-state index in [2.05, 4.69) is 24.9 Å². The highest BCUT2D eigenvalue weighted by Gasteiger charge is 2.63. The zero-order valence-electron chi connectivity index (χ0n) is 22.0. The van der Waals surface area contributed by atoms with E-state index in [1.54, 1.807) is 0 Å². The number of aryl methyl sites for hydroxylation is 1. The molecule has 7 unspecified atom stereocenters. The maximum absolute atomic E-state index is 13.6. The molecule has 1 heterocycles. The van der Waals surface area contributed by atoms with Crippen molar-refractivity contribution in [2.24, 2.45) is 47.3 Å². The molecule has 4 aliphatic rings. The molecule has 7 atom stereocenters. The van der Waals surface area contributed by atoms with Crippen LogP contribution in [0, 0.1) is 39.9 Å². The maximum atomic E-state index is 13.6. The van der Waals surface area contributed by atoms with Crippen molar-refractivity contribution in [2.75, 3.05) is 6.61 Å². The normalized spacial score (nSPS) is 37.0. The number of nitrogens with one attached hydrogen (secondary N) is 1. The number of hydrogen-bond donors (Lipinski definition) is 3. The molecule has 0 saturated heterocycles. The predicted octanol–water partition coefficient (Wildman–Crippen LogP) is 4.54. The molecule has 0 amide bonds. The number of aliphatic hydroxyl groups is 1. The number of benzene rings is 1. The highest BCUT2D eigenvalue weighted by atomic mass is 16.5. The molecule has 3 saturated carbocycles. The zero-order valence-corrected chi connectivity index (χ0v) is 22.0. The van der Waals surface area contributed by atoms with Crippen molar-refractivity contribution >= 4 is 23.0 Å². The van der Waals surface area contributed by atoms with Gasteiger partial charge in [0, 0.05) is 24.9 Å². The van der Waals surface area contributed by atoms with E-state index in [-0.39, 0.29) is 35.1 Å². The lowest BCUT2D eigenvalue weighted by atomic mass is 9.46. The first-order valence-corrected chi connectivity index (χ1v) is 13.6. The van der Waals surface area contributed by atoms with Crippen molar-refractivity contribution in [3.8, 4) is 6.01 Å². The smallest absolute Gasteiger partial charge is 0.297 e. The summed E-state index contributed by atoms with van der Waals surface area (Å²) in [6.07, 6.45) is 8.16. The van der Waals surface area contributed by atoms with E-state index in [0.717, 1.165) is 42.3 Å². The fourth-order valence-corrected chi connectivity index (χ4v) is 8.87. The molecule has 37 heavy (non-hydrogen) atoms. The molecule has 0 radical (unpaired) electrons. The van der Waals surface area contributed by atoms with Crippen molar-refractivity contribution in [3.05, 3.63) is 47.2 Å². The topological polar surface area (TPSA) is 114 Å². The molecule has 0 aliphatic heterocycles. The first kappa shape index (κ1) is 24.4. The predicted molar refractivity (Wildman–Crippen MR) is 143 cm³/mol. The Morgan fingerprint density at radius 2 is 2.08 bits per heavy atom. The van der Waals surface area contributed by atoms with E-state index in [0.29, 0.717) is 36.4 Å². The number of fused-ring (bicyclic) bond motifs is 6. The second-order valence-corrected chi connectivity index (χ2v) is 12.3. The number of nitrogens with zero attached hydrogens (tertiary/aromatic N) is 2. The molecule has 6 rings (SSSR count). The van der Waals surface area contributed by atoms with Gasteiger partial charge in [-0.3, -0.25) is 9.36 Å². The van der Waals surface area contributed by atoms with Crippen LogP contribution < -0.4 is 10.5 Å². The molecule has 4 N–H and O–H groups in total. The highest BCUT2D eigenvalue weighted by molar-refractivity contribution is 5.84. The number of Topliss-reactive ketones (excluding diaryl/α,β-unsaturated/α-hetero) is 1. The molecule has 7 nitrogen and oxygen atoms in total. The Morgan fingerprint density at radius 3 is 2.84 bits per heavy atom. The number of carbonyl (C=O) groups excluding carboxylic acids is 1. The molecular weight excluding hydrogens is 464 g/mol. The van der Waals surface area contributed by atoms with Gasteiger partial charge in [0.2, 0.25) is 0 Å². The Bertz CT molecular complexity index is 1340. The first-order valence-electron chi connectivity index (χ1n) is 13.6. The number of aromatic nitrogens is 2. The molecular formula is C30H38N4O3. The second-order valence-electron chi connectivity index (χ2n) is 12.3. The third kappa shape index (κ3) is 3.53. The number of nitrogens with two attached hydrogens (primary N) is 1. The Kier molecular flexibility index (Phi) is 5.64. The first-order chi connectivity index (χ1) is 17.7. The second kappa shape index (κ2) is 8.55. The number of para-hydroxylation sites is 2. The Morgan fingerprint density at radius 1 is 1.30 bits per heavy atom. The van der Waals surface area contributed by atoms with Gasteiger partial charge in [-0.05, 0) is 90.9 Å². The summed E-state index contributed by atoms with van der Waals surface area (Å²) in [7, 11) is 1.91. The van der Waals surface area contributed by atoms with E-state index >= 15 is 0 Å². The molecule has 0 bridgehead atoms. The monoisotopic (exact) mass is 502 g/mol. The van der Waals surface area contributed by atoms with Crippen LogP contribution >= 0.6 is 0 Å². The lowest BCUT2D eigenvalue weighted by molar-refractivity contribution is -0.143. The van der Waals surface area contributed by atoms with Crippen LogP contribution in [0.4, 0.5) is 0 Å². The number of carbonyl (C=O) groups is 1. The van der Waals surface area contributed by atoms with Crippen LogP contribution in [0.15, 0.2) is 47.2 Å². The maximum Gasteiger partial charge on any atom is 0.297 e. The number of rotatable bonds is 5. The molecule has 3 fully saturated rings. The number of ketones is 1. The zero-order chi connectivity index (χ0) is 26.1. The van der Waals surface area contributed by atoms with Gasteiger partial charge in [-0.2, -0.15) is 4.98 Å². The fraction of sp³-hybridized carbons (Fsp3) is 0.567. The van der Waals surface area contributed by atoms with Crippen molar-refractivity contribution in [1.82, 2.24) is 9.55 Å². The average Bonchev–Trinajstić information content (AvgIpc) is 3.38. The van der Waals surface area contributed by atoms with Gasteiger partial charge >= 0.3 is 0 Å². The quantitative estimate of drug-likeness (QED) is 0.519. The van der Waals surface area contributed by atoms with Gasteiger partial charge in [0.15, 0.2) is 5.78 Å². The third-order valence-corrected chi connectivity index (χ3v) is 10.6. The SMILES string of the molecule is Cn1c(OCC(=O)C2CCC3C4CCC5=CC(N)=C(C=N)CC5(C)C4C(O)CC23C)nc2ccccc21. The van der Waals surface area contributed by atoms with Gasteiger partial charge in [0.1, 0.15) is 6.61 Å². The number of ether oxygens (including phenoxy) is 1. The molecule has 7 heteroatoms. The van der Waals surface area contributed by atoms with Gasteiger partial charge in [-0.25, -0.2) is 0 Å². The van der Waals surface area contributed by atoms with Crippen LogP contribution in [0.2, 0.25) is 0 Å². The van der Waals surface area contributed by atoms with E-state index in [1.807, 2.05) is 35.9 Å². The molecule has 1 aromatic carbocycles. The number of imidazole rings is 1. The summed E-state index contributed by atoms with van der Waals surface area (Å²) in [6, 6.07) is 8.31. The van der Waals surface area contributed by atoms with Crippen LogP contribution in [-0.2, 0) is 11.8 Å². The summed E-state index contributed by atoms with van der Waals surface area (Å²) in [5.74, 6) is 0.881. The Hall–Kier alpha value is -2.93. The standard InChI is InChI=1S/C30H38N4O3/c1-29-13-17(15-31)22(32)12-18(29)8-9-19-20-10-11-21(30(20,2)14-25(35)27(19)29)26(36)16-37-28-33-23-6-4-5-7-24(23)34(28)3/h4-7,12,15,19-21,25,27,31,35H,8-11,13-14,16,32H2,1-3H3. The van der Waals surface area contributed by atoms with E-state index in [1.165, 1.54) is 11.8 Å². The van der Waals surface area contributed by atoms with Crippen molar-refractivity contribution in [3.63, 3.8) is 0 Å². The minimum absolute atomic E-state index is 0.00565. The molecule has 1 aromatic heterocycles. The highest BCUT2D eigenvalue weighted by Crippen LogP contribution is 2.66. The summed E-state index contributed by atoms with van der Waals surface area (Å²) < 4.78 is 7.86. The van der Waals surface area contributed by atoms with E-state index in [4.69, 9.17) is 15.9 Å². The van der Waals surface area contributed by atoms with Crippen LogP contribution in [0.25, 0.3) is 11.0 Å². The summed E-state index contributed by atoms with van der Waals surface area (Å²) in [6.45, 7) is 4.50. The van der Waals surface area contributed by atoms with E-state index in [9.17, 15) is 9.90 Å². The largest absolute Gasteiger partial charge is 0.457 e. The number of hydrogen-bond acceptors (Lipinski definition) is 6. The Balaban J connectivity index is 1.22. The number of allylic oxidation sites excluding steroid dienone is 3. The van der Waals surface area contributed by atoms with Gasteiger partial charge in [-0.15, -0.1) is 0 Å². The third-order valence-electron chi connectivity index (χ3n) is 10.6. The van der Waals surface area contributed by atoms with Gasteiger partial charge in [-0.1, -0.05) is 31.6 Å². The van der Waals surface area contributed by atoms with Crippen molar-refractivity contribution < 1.29 is 14.6 Å². The van der Waals surface area contributed by atoms with Crippen LogP contribution in [0.3, 0.4) is 0 Å². The minimum Gasteiger partial charge on any atom is -0.457 e. The van der Waals surface area contributed by atoms with Gasteiger partial charge in [0.05, 0.1) is 17.1 Å². The average molecular weight is 503 g/mol. The van der Waals surface area contributed by atoms with Crippen LogP contribution in [0.1, 0.15) is 52.4 Å². The summed E-state index contributed by atoms with van der Waals surface area (Å²) in [5.41, 5.74) is 10.5. The Labute approximate surface area is 218 Å². The van der Waals surface area contributed by atoms with Crippen molar-refractivity contribution in [1.29, 1.82) is 5.41 Å².